The van der Waals surface area contributed by atoms with E-state index in [1.807, 2.05) is 84.3 Å². The van der Waals surface area contributed by atoms with E-state index in [9.17, 15) is 4.79 Å². The topological polar surface area (TPSA) is 69.4 Å². The number of carbonyl (C=O) groups is 1. The minimum Gasteiger partial charge on any atom is -0.461 e. The van der Waals surface area contributed by atoms with Crippen molar-refractivity contribution in [2.24, 2.45) is 4.99 Å². The molecule has 170 valence electrons. The van der Waals surface area contributed by atoms with Gasteiger partial charge in [-0.2, -0.15) is 0 Å². The first-order chi connectivity index (χ1) is 16.5. The monoisotopic (exact) mass is 490 g/mol. The van der Waals surface area contributed by atoms with Gasteiger partial charge in [-0.25, -0.2) is 0 Å². The molecule has 0 aliphatic carbocycles. The number of fused-ring (bicyclic) bond motifs is 3. The molecule has 0 N–H and O–H groups in total. The third-order valence-electron chi connectivity index (χ3n) is 5.62. The molecule has 1 aliphatic rings. The average molecular weight is 491 g/mol. The van der Waals surface area contributed by atoms with Gasteiger partial charge >= 0.3 is 5.97 Å². The molecule has 1 aliphatic heterocycles. The van der Waals surface area contributed by atoms with Gasteiger partial charge in [-0.1, -0.05) is 71.7 Å². The fraction of sp³-hybridized carbons (Fsp3) is 0.154. The van der Waals surface area contributed by atoms with Crippen molar-refractivity contribution in [2.45, 2.75) is 26.0 Å². The van der Waals surface area contributed by atoms with Crippen LogP contribution in [-0.2, 0) is 16.1 Å². The second-order valence-corrected chi connectivity index (χ2v) is 8.77. The Kier molecular flexibility index (Phi) is 6.18. The van der Waals surface area contributed by atoms with Crippen molar-refractivity contribution in [3.05, 3.63) is 111 Å². The normalized spacial score (nSPS) is 14.6. The summed E-state index contributed by atoms with van der Waals surface area (Å²) in [6.45, 7) is 2.05. The average Bonchev–Trinajstić information content (AvgIpc) is 3.16. The number of rotatable bonds is 5. The van der Waals surface area contributed by atoms with Gasteiger partial charge in [0.05, 0.1) is 17.8 Å². The quantitative estimate of drug-likeness (QED) is 0.326. The molecule has 0 bridgehead atoms. The largest absolute Gasteiger partial charge is 0.461 e. The van der Waals surface area contributed by atoms with E-state index in [4.69, 9.17) is 32.9 Å². The van der Waals surface area contributed by atoms with Gasteiger partial charge in [-0.05, 0) is 36.8 Å². The number of aryl methyl sites for hydroxylation is 1. The first-order valence-corrected chi connectivity index (χ1v) is 11.5. The molecule has 0 radical (unpaired) electrons. The van der Waals surface area contributed by atoms with Crippen LogP contribution in [-0.4, -0.2) is 26.4 Å². The minimum absolute atomic E-state index is 0.000635. The maximum atomic E-state index is 12.9. The van der Waals surface area contributed by atoms with Crippen LogP contribution in [0.3, 0.4) is 0 Å². The van der Waals surface area contributed by atoms with Crippen LogP contribution in [0, 0.1) is 6.92 Å². The number of ether oxygens (including phenoxy) is 1. The fourth-order valence-corrected chi connectivity index (χ4v) is 4.43. The highest BCUT2D eigenvalue weighted by Crippen LogP contribution is 2.35. The Morgan fingerprint density at radius 1 is 0.971 bits per heavy atom. The summed E-state index contributed by atoms with van der Waals surface area (Å²) in [7, 11) is 0. The Bertz CT molecular complexity index is 1400. The summed E-state index contributed by atoms with van der Waals surface area (Å²) >= 11 is 12.9. The third-order valence-corrected chi connectivity index (χ3v) is 6.18. The first kappa shape index (κ1) is 22.3. The zero-order chi connectivity index (χ0) is 23.7. The summed E-state index contributed by atoms with van der Waals surface area (Å²) in [5, 5.41) is 9.74. The highest BCUT2D eigenvalue weighted by atomic mass is 35.5. The van der Waals surface area contributed by atoms with Crippen LogP contribution >= 0.6 is 23.2 Å². The SMILES string of the molecule is Cc1nnc2n1-c1ccc(Cl)cc1C(c1ccccc1Cl)=NC2CC(=O)OCc1ccccc1. The smallest absolute Gasteiger partial charge is 0.308 e. The van der Waals surface area contributed by atoms with E-state index in [1.54, 1.807) is 0 Å². The highest BCUT2D eigenvalue weighted by molar-refractivity contribution is 6.36. The predicted octanol–water partition coefficient (Wildman–Crippen LogP) is 5.91. The maximum absolute atomic E-state index is 12.9. The van der Waals surface area contributed by atoms with E-state index in [0.717, 1.165) is 22.4 Å². The lowest BCUT2D eigenvalue weighted by Crippen LogP contribution is -2.13. The summed E-state index contributed by atoms with van der Waals surface area (Å²) in [5.74, 6) is 0.851. The van der Waals surface area contributed by atoms with Crippen molar-refractivity contribution in [1.82, 2.24) is 14.8 Å². The van der Waals surface area contributed by atoms with Gasteiger partial charge in [0.2, 0.25) is 0 Å². The summed E-state index contributed by atoms with van der Waals surface area (Å²) in [5.41, 5.74) is 3.89. The van der Waals surface area contributed by atoms with Crippen LogP contribution in [0.4, 0.5) is 0 Å². The number of hydrogen-bond acceptors (Lipinski definition) is 5. The van der Waals surface area contributed by atoms with Crippen molar-refractivity contribution in [3.63, 3.8) is 0 Å². The Balaban J connectivity index is 1.58. The molecule has 5 rings (SSSR count). The summed E-state index contributed by atoms with van der Waals surface area (Å²) in [6.07, 6.45) is 0.000635. The lowest BCUT2D eigenvalue weighted by atomic mass is 10.00. The molecule has 0 spiro atoms. The Labute approximate surface area is 206 Å². The number of aliphatic imine (C=N–C) groups is 1. The van der Waals surface area contributed by atoms with E-state index < -0.39 is 6.04 Å². The molecule has 34 heavy (non-hydrogen) atoms. The van der Waals surface area contributed by atoms with Crippen LogP contribution in [0.25, 0.3) is 5.69 Å². The zero-order valence-corrected chi connectivity index (χ0v) is 19.8. The zero-order valence-electron chi connectivity index (χ0n) is 18.3. The van der Waals surface area contributed by atoms with E-state index in [2.05, 4.69) is 10.2 Å². The number of esters is 1. The number of aromatic nitrogens is 3. The van der Waals surface area contributed by atoms with Gasteiger partial charge in [0.1, 0.15) is 18.5 Å². The molecule has 1 aromatic heterocycles. The van der Waals surface area contributed by atoms with Crippen LogP contribution in [0.5, 0.6) is 0 Å². The standard InChI is InChI=1S/C26H20Cl2N4O2/c1-16-30-31-26-22(14-24(33)34-15-17-7-3-2-4-8-17)29-25(19-9-5-6-10-21(19)28)20-13-18(27)11-12-23(20)32(16)26/h2-13,22H,14-15H2,1H3. The predicted molar refractivity (Wildman–Crippen MR) is 132 cm³/mol. The Morgan fingerprint density at radius 2 is 1.74 bits per heavy atom. The molecule has 0 amide bonds. The first-order valence-electron chi connectivity index (χ1n) is 10.8. The molecule has 0 saturated heterocycles. The van der Waals surface area contributed by atoms with Crippen LogP contribution in [0.2, 0.25) is 10.0 Å². The Hall–Kier alpha value is -3.48. The van der Waals surface area contributed by atoms with Crippen molar-refractivity contribution < 1.29 is 9.53 Å². The van der Waals surface area contributed by atoms with Gasteiger partial charge in [0.15, 0.2) is 5.82 Å². The summed E-state index contributed by atoms with van der Waals surface area (Å²) < 4.78 is 7.45. The Morgan fingerprint density at radius 3 is 2.53 bits per heavy atom. The van der Waals surface area contributed by atoms with E-state index in [-0.39, 0.29) is 19.0 Å². The van der Waals surface area contributed by atoms with E-state index >= 15 is 0 Å². The van der Waals surface area contributed by atoms with Gasteiger partial charge in [-0.15, -0.1) is 10.2 Å². The molecule has 0 fully saturated rings. The number of hydrogen-bond donors (Lipinski definition) is 0. The number of nitrogens with zero attached hydrogens (tertiary/aromatic N) is 4. The van der Waals surface area contributed by atoms with Crippen LogP contribution in [0.1, 0.15) is 40.8 Å². The van der Waals surface area contributed by atoms with Gasteiger partial charge in [-0.3, -0.25) is 14.4 Å². The summed E-state index contributed by atoms with van der Waals surface area (Å²) in [6, 6.07) is 21.9. The summed E-state index contributed by atoms with van der Waals surface area (Å²) in [4.78, 5) is 17.8. The van der Waals surface area contributed by atoms with Gasteiger partial charge in [0, 0.05) is 21.2 Å². The highest BCUT2D eigenvalue weighted by Gasteiger charge is 2.30. The van der Waals surface area contributed by atoms with Gasteiger partial charge < -0.3 is 4.74 Å². The van der Waals surface area contributed by atoms with Crippen LogP contribution < -0.4 is 0 Å². The molecule has 1 atom stereocenters. The molecule has 4 aromatic rings. The molecule has 3 aromatic carbocycles. The molecule has 6 nitrogen and oxygen atoms in total. The number of benzene rings is 3. The van der Waals surface area contributed by atoms with Crippen molar-refractivity contribution in [2.75, 3.05) is 0 Å². The van der Waals surface area contributed by atoms with Crippen LogP contribution in [0.15, 0.2) is 77.8 Å². The van der Waals surface area contributed by atoms with Gasteiger partial charge in [0.25, 0.3) is 0 Å². The molecule has 1 unspecified atom stereocenters. The van der Waals surface area contributed by atoms with Crippen molar-refractivity contribution >= 4 is 34.9 Å². The maximum Gasteiger partial charge on any atom is 0.308 e. The molecular weight excluding hydrogens is 471 g/mol. The van der Waals surface area contributed by atoms with E-state index in [1.165, 1.54) is 0 Å². The second kappa shape index (κ2) is 9.41. The van der Waals surface area contributed by atoms with Crippen molar-refractivity contribution in [3.8, 4) is 5.69 Å². The van der Waals surface area contributed by atoms with E-state index in [0.29, 0.717) is 27.4 Å². The molecule has 2 heterocycles. The molecule has 0 saturated carbocycles. The fourth-order valence-electron chi connectivity index (χ4n) is 4.03. The minimum atomic E-state index is -0.623. The molecule has 8 heteroatoms. The lowest BCUT2D eigenvalue weighted by Gasteiger charge is -2.13. The lowest BCUT2D eigenvalue weighted by molar-refractivity contribution is -0.145. The second-order valence-electron chi connectivity index (χ2n) is 7.93. The third kappa shape index (κ3) is 4.34. The number of carbonyl (C=O) groups excluding carboxylic acids is 1. The van der Waals surface area contributed by atoms with Crippen molar-refractivity contribution in [1.29, 1.82) is 0 Å². The molecular formula is C26H20Cl2N4O2. The number of halogens is 2.